The van der Waals surface area contributed by atoms with Crippen LogP contribution in [-0.4, -0.2) is 63.5 Å². The molecule has 0 aromatic rings. The van der Waals surface area contributed by atoms with Crippen LogP contribution in [0.5, 0.6) is 0 Å². The second-order valence-corrected chi connectivity index (χ2v) is 8.06. The smallest absolute Gasteiger partial charge is 0.302 e. The van der Waals surface area contributed by atoms with Gasteiger partial charge in [0.15, 0.2) is 0 Å². The van der Waals surface area contributed by atoms with Gasteiger partial charge in [0.05, 0.1) is 0 Å². The van der Waals surface area contributed by atoms with Crippen molar-refractivity contribution >= 4 is 8.56 Å². The van der Waals surface area contributed by atoms with Gasteiger partial charge in [0, 0.05) is 0 Å². The Labute approximate surface area is 90.2 Å². The summed E-state index contributed by atoms with van der Waals surface area (Å²) in [6.07, 6.45) is 0. The molecule has 0 spiro atoms. The molecule has 0 aliphatic heterocycles. The third kappa shape index (κ3) is 2.25. The lowest BCUT2D eigenvalue weighted by Gasteiger charge is -2.46. The quantitative estimate of drug-likeness (QED) is 0.615. The summed E-state index contributed by atoms with van der Waals surface area (Å²) in [6, 6.07) is 0. The molecule has 0 aromatic carbocycles. The lowest BCUT2D eigenvalue weighted by atomic mass is 10.7. The van der Waals surface area contributed by atoms with Crippen molar-refractivity contribution in [3.8, 4) is 0 Å². The van der Waals surface area contributed by atoms with Gasteiger partial charge in [-0.1, -0.05) is 19.5 Å². The molecule has 14 heavy (non-hydrogen) atoms. The largest absolute Gasteiger partial charge is 0.314 e. The van der Waals surface area contributed by atoms with E-state index < -0.39 is 8.56 Å². The van der Waals surface area contributed by atoms with Gasteiger partial charge in [-0.2, -0.15) is 0 Å². The zero-order chi connectivity index (χ0) is 11.4. The highest BCUT2D eigenvalue weighted by atomic mass is 28.4. The number of hydrogen-bond acceptors (Lipinski definition) is 3. The Balaban J connectivity index is 5.11. The van der Waals surface area contributed by atoms with Crippen LogP contribution < -0.4 is 0 Å². The fourth-order valence-electron chi connectivity index (χ4n) is 2.15. The number of rotatable bonds is 6. The van der Waals surface area contributed by atoms with E-state index in [1.807, 2.05) is 0 Å². The van der Waals surface area contributed by atoms with Crippen LogP contribution in [0.2, 0.25) is 0 Å². The van der Waals surface area contributed by atoms with Crippen molar-refractivity contribution in [3.05, 3.63) is 12.3 Å². The Morgan fingerprint density at radius 1 is 1.00 bits per heavy atom. The maximum Gasteiger partial charge on any atom is 0.314 e. The third-order valence-electron chi connectivity index (χ3n) is 2.82. The monoisotopic (exact) mass is 215 g/mol. The van der Waals surface area contributed by atoms with E-state index in [1.165, 1.54) is 0 Å². The molecule has 0 saturated carbocycles. The zero-order valence-corrected chi connectivity index (χ0v) is 11.5. The third-order valence-corrected chi connectivity index (χ3v) is 7.56. The Kier molecular flexibility index (Phi) is 5.59. The van der Waals surface area contributed by atoms with Gasteiger partial charge in [0.1, 0.15) is 0 Å². The molecule has 0 bridgehead atoms. The minimum atomic E-state index is -1.79. The van der Waals surface area contributed by atoms with Gasteiger partial charge in [-0.05, 0) is 41.3 Å². The van der Waals surface area contributed by atoms with Crippen molar-refractivity contribution in [2.45, 2.75) is 13.8 Å². The summed E-state index contributed by atoms with van der Waals surface area (Å²) >= 11 is 0. The molecule has 0 atom stereocenters. The average molecular weight is 215 g/mol. The molecule has 0 saturated heterocycles. The van der Waals surface area contributed by atoms with Gasteiger partial charge in [-0.3, -0.25) is 4.57 Å². The first-order chi connectivity index (χ1) is 6.47. The SMILES string of the molecule is C=C[Si](N(C)C)(N(C)C)N(CC)CC. The van der Waals surface area contributed by atoms with Crippen molar-refractivity contribution < 1.29 is 0 Å². The second-order valence-electron chi connectivity index (χ2n) is 3.85. The first kappa shape index (κ1) is 13.8. The fraction of sp³-hybridized carbons (Fsp3) is 0.800. The fourth-order valence-corrected chi connectivity index (χ4v) is 6.00. The van der Waals surface area contributed by atoms with Gasteiger partial charge in [-0.25, -0.2) is 0 Å². The molecule has 0 aliphatic carbocycles. The maximum atomic E-state index is 4.03. The van der Waals surface area contributed by atoms with Crippen molar-refractivity contribution in [1.82, 2.24) is 13.7 Å². The van der Waals surface area contributed by atoms with Crippen molar-refractivity contribution in [1.29, 1.82) is 0 Å². The van der Waals surface area contributed by atoms with Crippen LogP contribution in [0.4, 0.5) is 0 Å². The predicted molar refractivity (Wildman–Crippen MR) is 66.2 cm³/mol. The van der Waals surface area contributed by atoms with E-state index in [4.69, 9.17) is 0 Å². The number of nitrogens with zero attached hydrogens (tertiary/aromatic N) is 3. The Bertz CT molecular complexity index is 168. The Morgan fingerprint density at radius 2 is 1.36 bits per heavy atom. The van der Waals surface area contributed by atoms with Crippen LogP contribution in [0.1, 0.15) is 13.8 Å². The normalized spacial score (nSPS) is 12.9. The average Bonchev–Trinajstić information content (AvgIpc) is 2.12. The van der Waals surface area contributed by atoms with Gasteiger partial charge in [0.25, 0.3) is 0 Å². The molecule has 4 heteroatoms. The standard InChI is InChI=1S/C10H25N3Si/c1-8-13(9-2)14(10-3,11(4)5)12(6)7/h10H,3,8-9H2,1-2,4-7H3. The van der Waals surface area contributed by atoms with Crippen LogP contribution in [0.3, 0.4) is 0 Å². The molecule has 84 valence electrons. The topological polar surface area (TPSA) is 9.72 Å². The summed E-state index contributed by atoms with van der Waals surface area (Å²) in [5, 5.41) is 0. The van der Waals surface area contributed by atoms with Gasteiger partial charge in [-0.15, -0.1) is 6.58 Å². The van der Waals surface area contributed by atoms with Crippen molar-refractivity contribution in [2.75, 3.05) is 41.3 Å². The summed E-state index contributed by atoms with van der Waals surface area (Å²) in [5.41, 5.74) is 2.14. The summed E-state index contributed by atoms with van der Waals surface area (Å²) in [7, 11) is 6.79. The second kappa shape index (κ2) is 5.65. The van der Waals surface area contributed by atoms with Crippen LogP contribution in [0.15, 0.2) is 12.3 Å². The molecule has 0 rings (SSSR count). The van der Waals surface area contributed by atoms with E-state index >= 15 is 0 Å². The van der Waals surface area contributed by atoms with Crippen LogP contribution in [-0.2, 0) is 0 Å². The van der Waals surface area contributed by atoms with Crippen LogP contribution in [0.25, 0.3) is 0 Å². The van der Waals surface area contributed by atoms with E-state index in [2.05, 4.69) is 68.0 Å². The Morgan fingerprint density at radius 3 is 1.43 bits per heavy atom. The Hall–Kier alpha value is -0.163. The molecule has 3 nitrogen and oxygen atoms in total. The van der Waals surface area contributed by atoms with E-state index in [0.717, 1.165) is 13.1 Å². The lowest BCUT2D eigenvalue weighted by Crippen LogP contribution is -2.70. The molecule has 0 radical (unpaired) electrons. The minimum Gasteiger partial charge on any atom is -0.302 e. The molecular formula is C10H25N3Si. The van der Waals surface area contributed by atoms with E-state index in [0.29, 0.717) is 0 Å². The molecule has 0 amide bonds. The van der Waals surface area contributed by atoms with Crippen LogP contribution in [0, 0.1) is 0 Å². The van der Waals surface area contributed by atoms with Crippen LogP contribution >= 0.6 is 0 Å². The summed E-state index contributed by atoms with van der Waals surface area (Å²) < 4.78 is 7.17. The molecule has 0 aliphatic rings. The molecule has 0 N–H and O–H groups in total. The molecule has 0 fully saturated rings. The van der Waals surface area contributed by atoms with Gasteiger partial charge < -0.3 is 9.13 Å². The molecule has 0 unspecified atom stereocenters. The highest BCUT2D eigenvalue weighted by Crippen LogP contribution is 2.16. The van der Waals surface area contributed by atoms with Gasteiger partial charge in [0.2, 0.25) is 0 Å². The first-order valence-corrected chi connectivity index (χ1v) is 7.12. The molecule has 0 aromatic heterocycles. The summed E-state index contributed by atoms with van der Waals surface area (Å²) in [6.45, 7) is 10.6. The van der Waals surface area contributed by atoms with E-state index in [1.54, 1.807) is 0 Å². The van der Waals surface area contributed by atoms with Gasteiger partial charge >= 0.3 is 8.56 Å². The minimum absolute atomic E-state index is 1.07. The highest BCUT2D eigenvalue weighted by Gasteiger charge is 2.41. The molecular weight excluding hydrogens is 190 g/mol. The van der Waals surface area contributed by atoms with E-state index in [-0.39, 0.29) is 0 Å². The lowest BCUT2D eigenvalue weighted by molar-refractivity contribution is 0.340. The first-order valence-electron chi connectivity index (χ1n) is 5.20. The van der Waals surface area contributed by atoms with Crippen molar-refractivity contribution in [3.63, 3.8) is 0 Å². The maximum absolute atomic E-state index is 4.03. The van der Waals surface area contributed by atoms with E-state index in [9.17, 15) is 0 Å². The van der Waals surface area contributed by atoms with Crippen molar-refractivity contribution in [2.24, 2.45) is 0 Å². The zero-order valence-electron chi connectivity index (χ0n) is 10.5. The summed E-state index contributed by atoms with van der Waals surface area (Å²) in [4.78, 5) is 0. The molecule has 0 heterocycles. The predicted octanol–water partition coefficient (Wildman–Crippen LogP) is 1.12. The highest BCUT2D eigenvalue weighted by molar-refractivity contribution is 6.76. The number of hydrogen-bond donors (Lipinski definition) is 0. The summed E-state index contributed by atoms with van der Waals surface area (Å²) in [5.74, 6) is 0.